The molecular weight excluding hydrogens is 543 g/mol. The van der Waals surface area contributed by atoms with Gasteiger partial charge in [0, 0.05) is 28.4 Å². The van der Waals surface area contributed by atoms with E-state index in [-0.39, 0.29) is 18.8 Å². The first-order valence-electron chi connectivity index (χ1n) is 10.9. The van der Waals surface area contributed by atoms with E-state index in [1.807, 2.05) is 0 Å². The Hall–Kier alpha value is -2.29. The second-order valence-electron chi connectivity index (χ2n) is 8.68. The molecular formula is C22H19ClF3N3O5S2. The van der Waals surface area contributed by atoms with Crippen LogP contribution in [-0.2, 0) is 31.8 Å². The lowest BCUT2D eigenvalue weighted by molar-refractivity contribution is -0.274. The van der Waals surface area contributed by atoms with E-state index in [0.29, 0.717) is 45.5 Å². The molecule has 3 aliphatic rings. The number of benzene rings is 2. The lowest BCUT2D eigenvalue weighted by Crippen LogP contribution is -2.35. The molecule has 6 rings (SSSR count). The molecule has 0 bridgehead atoms. The predicted molar refractivity (Wildman–Crippen MR) is 127 cm³/mol. The summed E-state index contributed by atoms with van der Waals surface area (Å²) in [6, 6.07) is 12.4. The van der Waals surface area contributed by atoms with E-state index in [1.165, 1.54) is 27.2 Å². The van der Waals surface area contributed by atoms with Gasteiger partial charge in [0.05, 0.1) is 28.9 Å². The van der Waals surface area contributed by atoms with Crippen LogP contribution in [0.5, 0.6) is 5.75 Å². The van der Waals surface area contributed by atoms with E-state index >= 15 is 0 Å². The van der Waals surface area contributed by atoms with E-state index in [0.717, 1.165) is 0 Å². The first-order valence-corrected chi connectivity index (χ1v) is 14.6. The molecule has 1 atom stereocenters. The Balaban J connectivity index is 1.41. The van der Waals surface area contributed by atoms with Crippen molar-refractivity contribution >= 4 is 32.2 Å². The molecule has 0 aliphatic carbocycles. The summed E-state index contributed by atoms with van der Waals surface area (Å²) < 4.78 is 83.3. The Morgan fingerprint density at radius 1 is 1.08 bits per heavy atom. The average molecular weight is 562 g/mol. The maximum atomic E-state index is 13.4. The highest BCUT2D eigenvalue weighted by Crippen LogP contribution is 2.70. The van der Waals surface area contributed by atoms with Gasteiger partial charge in [0.1, 0.15) is 5.69 Å². The summed E-state index contributed by atoms with van der Waals surface area (Å²) in [5.41, 5.74) is 2.25. The van der Waals surface area contributed by atoms with E-state index in [2.05, 4.69) is 9.84 Å². The molecule has 0 amide bonds. The summed E-state index contributed by atoms with van der Waals surface area (Å²) in [6.45, 7) is 0.0482. The molecule has 1 unspecified atom stereocenters. The quantitative estimate of drug-likeness (QED) is 0.318. The maximum Gasteiger partial charge on any atom is 0.573 e. The second-order valence-corrected chi connectivity index (χ2v) is 13.8. The van der Waals surface area contributed by atoms with Crippen LogP contribution in [-0.4, -0.2) is 45.6 Å². The van der Waals surface area contributed by atoms with Crippen LogP contribution in [0.15, 0.2) is 48.5 Å². The minimum absolute atomic E-state index is 0.00803. The zero-order chi connectivity index (χ0) is 25.3. The van der Waals surface area contributed by atoms with E-state index < -0.39 is 38.0 Å². The van der Waals surface area contributed by atoms with Crippen molar-refractivity contribution in [2.45, 2.75) is 31.1 Å². The number of para-hydroxylation sites is 2. The van der Waals surface area contributed by atoms with Crippen molar-refractivity contribution in [3.05, 3.63) is 64.8 Å². The Labute approximate surface area is 211 Å². The molecule has 2 aromatic carbocycles. The molecule has 1 aromatic heterocycles. The largest absolute Gasteiger partial charge is 0.573 e. The predicted octanol–water partition coefficient (Wildman–Crippen LogP) is 5.11. The number of sulfonamides is 1. The van der Waals surface area contributed by atoms with Crippen molar-refractivity contribution in [3.63, 3.8) is 0 Å². The zero-order valence-corrected chi connectivity index (χ0v) is 20.8. The monoisotopic (exact) mass is 561 g/mol. The van der Waals surface area contributed by atoms with Gasteiger partial charge < -0.3 is 4.74 Å². The number of hydrogen-bond acceptors (Lipinski definition) is 6. The summed E-state index contributed by atoms with van der Waals surface area (Å²) in [6.07, 6.45) is -4.44. The van der Waals surface area contributed by atoms with Crippen molar-refractivity contribution < 1.29 is 35.0 Å². The topological polar surface area (TPSA) is 89.5 Å². The number of aromatic nitrogens is 2. The van der Waals surface area contributed by atoms with Gasteiger partial charge in [-0.1, -0.05) is 35.9 Å². The van der Waals surface area contributed by atoms with E-state index in [9.17, 15) is 21.6 Å². The Kier molecular flexibility index (Phi) is 5.59. The minimum atomic E-state index is -4.90. The number of ether oxygens (including phenoxy) is 1. The Morgan fingerprint density at radius 3 is 2.47 bits per heavy atom. The number of hydrogen-bond donors (Lipinski definition) is 0. The van der Waals surface area contributed by atoms with Crippen molar-refractivity contribution in [1.82, 2.24) is 14.1 Å². The van der Waals surface area contributed by atoms with Gasteiger partial charge in [-0.05, 0) is 30.7 Å². The lowest BCUT2D eigenvalue weighted by atomic mass is 10.1. The summed E-state index contributed by atoms with van der Waals surface area (Å²) in [5, 5.41) is 4.44. The van der Waals surface area contributed by atoms with Crippen LogP contribution >= 0.6 is 22.2 Å². The average Bonchev–Trinajstić information content (AvgIpc) is 3.12. The highest BCUT2D eigenvalue weighted by atomic mass is 35.5. The van der Waals surface area contributed by atoms with Gasteiger partial charge in [-0.3, -0.25) is 0 Å². The second kappa shape index (κ2) is 8.36. The maximum absolute atomic E-state index is 13.4. The molecule has 0 saturated carbocycles. The van der Waals surface area contributed by atoms with Crippen molar-refractivity contribution in [2.24, 2.45) is 0 Å². The van der Waals surface area contributed by atoms with Crippen molar-refractivity contribution in [2.75, 3.05) is 11.5 Å². The van der Waals surface area contributed by atoms with Crippen molar-refractivity contribution in [1.29, 1.82) is 0 Å². The summed E-state index contributed by atoms with van der Waals surface area (Å²) in [7, 11) is -5.35. The molecule has 1 spiro atoms. The first kappa shape index (κ1) is 24.1. The van der Waals surface area contributed by atoms with Crippen LogP contribution in [0.4, 0.5) is 13.2 Å². The first-order chi connectivity index (χ1) is 17.0. The smallest absolute Gasteiger partial charge is 0.403 e. The summed E-state index contributed by atoms with van der Waals surface area (Å²) >= 11 is 6.06. The number of halogens is 4. The zero-order valence-electron chi connectivity index (χ0n) is 18.4. The molecule has 8 nitrogen and oxygen atoms in total. The Bertz CT molecular complexity index is 1440. The number of alkyl halides is 3. The van der Waals surface area contributed by atoms with Crippen LogP contribution in [0.1, 0.15) is 17.7 Å². The van der Waals surface area contributed by atoms with Crippen LogP contribution in [0.3, 0.4) is 0 Å². The normalized spacial score (nSPS) is 22.1. The van der Waals surface area contributed by atoms with Crippen LogP contribution in [0.25, 0.3) is 16.9 Å². The molecule has 0 radical (unpaired) electrons. The third-order valence-electron chi connectivity index (χ3n) is 6.40. The van der Waals surface area contributed by atoms with Gasteiger partial charge in [0.15, 0.2) is 5.75 Å². The molecule has 3 aromatic rings. The SMILES string of the molecule is O=S(=O)(C1CCS2(C1)OO2)N1Cc2nn(-c3ccccc3OC(F)(F)F)c(-c3ccc(Cl)cc3)c2C1. The molecule has 4 heterocycles. The van der Waals surface area contributed by atoms with Gasteiger partial charge in [0.2, 0.25) is 10.0 Å². The fraction of sp³-hybridized carbons (Fsp3) is 0.318. The highest BCUT2D eigenvalue weighted by molar-refractivity contribution is 8.29. The van der Waals surface area contributed by atoms with Gasteiger partial charge in [-0.15, -0.1) is 32.4 Å². The summed E-state index contributed by atoms with van der Waals surface area (Å²) in [4.78, 5) is 0. The third-order valence-corrected chi connectivity index (χ3v) is 11.4. The van der Waals surface area contributed by atoms with Gasteiger partial charge >= 0.3 is 6.36 Å². The third kappa shape index (κ3) is 4.27. The molecule has 0 N–H and O–H groups in total. The van der Waals surface area contributed by atoms with Crippen LogP contribution in [0, 0.1) is 0 Å². The minimum Gasteiger partial charge on any atom is -0.403 e. The molecule has 2 fully saturated rings. The van der Waals surface area contributed by atoms with Crippen LogP contribution in [0.2, 0.25) is 5.02 Å². The van der Waals surface area contributed by atoms with Crippen LogP contribution < -0.4 is 4.74 Å². The van der Waals surface area contributed by atoms with E-state index in [4.69, 9.17) is 20.3 Å². The molecule has 3 aliphatic heterocycles. The standard InChI is InChI=1S/C22H19ClF3N3O5S2/c23-15-7-5-14(6-8-15)21-17-11-28(36(30,31)16-9-10-35(13-16)33-34-35)12-18(17)27-29(21)19-3-1-2-4-20(19)32-22(24,25)26/h1-8,16H,9-13H2. The van der Waals surface area contributed by atoms with Gasteiger partial charge in [0.25, 0.3) is 0 Å². The fourth-order valence-corrected chi connectivity index (χ4v) is 9.80. The van der Waals surface area contributed by atoms with E-state index in [1.54, 1.807) is 30.3 Å². The fourth-order valence-electron chi connectivity index (χ4n) is 4.66. The molecule has 192 valence electrons. The summed E-state index contributed by atoms with van der Waals surface area (Å²) in [5.74, 6) is 0.513. The van der Waals surface area contributed by atoms with Gasteiger partial charge in [-0.25, -0.2) is 13.1 Å². The number of fused-ring (bicyclic) bond motifs is 1. The lowest BCUT2D eigenvalue weighted by Gasteiger charge is -2.21. The Morgan fingerprint density at radius 2 is 1.81 bits per heavy atom. The number of nitrogens with zero attached hydrogens (tertiary/aromatic N) is 3. The molecule has 2 saturated heterocycles. The number of rotatable bonds is 5. The molecule has 36 heavy (non-hydrogen) atoms. The molecule has 14 heteroatoms. The van der Waals surface area contributed by atoms with Gasteiger partial charge in [-0.2, -0.15) is 9.40 Å². The van der Waals surface area contributed by atoms with Crippen molar-refractivity contribution in [3.8, 4) is 22.7 Å². The highest BCUT2D eigenvalue weighted by Gasteiger charge is 2.52.